The van der Waals surface area contributed by atoms with Crippen LogP contribution in [0.1, 0.15) is 24.9 Å². The Kier molecular flexibility index (Phi) is 4.36. The number of rotatable bonds is 4. The lowest BCUT2D eigenvalue weighted by Crippen LogP contribution is -2.43. The standard InChI is InChI=1S/C17H17F3N2O2/c1-2-24-13-8-4-6-11-5-3-7-12(15(11)13)16(17(18,19)20)22-10-9-14(23)21-22/h3-8,16H,2,9-10H2,1H3,(H,21,23)/t16-/m0/s1. The lowest BCUT2D eigenvalue weighted by molar-refractivity contribution is -0.190. The maximum Gasteiger partial charge on any atom is 0.409 e. The number of nitrogens with zero attached hydrogens (tertiary/aromatic N) is 1. The molecule has 0 aromatic heterocycles. The highest BCUT2D eigenvalue weighted by molar-refractivity contribution is 5.92. The molecular weight excluding hydrogens is 321 g/mol. The van der Waals surface area contributed by atoms with Crippen LogP contribution in [0.5, 0.6) is 5.75 Å². The van der Waals surface area contributed by atoms with Crippen LogP contribution in [0, 0.1) is 0 Å². The zero-order valence-corrected chi connectivity index (χ0v) is 13.1. The van der Waals surface area contributed by atoms with Crippen LogP contribution in [0.3, 0.4) is 0 Å². The Morgan fingerprint density at radius 2 is 1.96 bits per heavy atom. The van der Waals surface area contributed by atoms with E-state index in [4.69, 9.17) is 4.74 Å². The van der Waals surface area contributed by atoms with E-state index >= 15 is 0 Å². The Balaban J connectivity index is 2.19. The van der Waals surface area contributed by atoms with Crippen LogP contribution in [0.15, 0.2) is 36.4 Å². The molecule has 1 amide bonds. The number of fused-ring (bicyclic) bond motifs is 1. The number of carbonyl (C=O) groups excluding carboxylic acids is 1. The summed E-state index contributed by atoms with van der Waals surface area (Å²) < 4.78 is 46.9. The number of amides is 1. The fourth-order valence-electron chi connectivity index (χ4n) is 3.05. The minimum absolute atomic E-state index is 0.0101. The van der Waals surface area contributed by atoms with Gasteiger partial charge in [-0.05, 0) is 23.9 Å². The second-order valence-electron chi connectivity index (χ2n) is 5.56. The Labute approximate surface area is 137 Å². The van der Waals surface area contributed by atoms with Crippen molar-refractivity contribution in [2.75, 3.05) is 13.2 Å². The number of hydrogen-bond acceptors (Lipinski definition) is 3. The van der Waals surface area contributed by atoms with E-state index in [1.165, 1.54) is 6.07 Å². The van der Waals surface area contributed by atoms with Crippen LogP contribution in [0.25, 0.3) is 10.8 Å². The van der Waals surface area contributed by atoms with Crippen molar-refractivity contribution < 1.29 is 22.7 Å². The summed E-state index contributed by atoms with van der Waals surface area (Å²) in [5, 5.41) is 2.04. The molecule has 1 atom stereocenters. The summed E-state index contributed by atoms with van der Waals surface area (Å²) in [7, 11) is 0. The summed E-state index contributed by atoms with van der Waals surface area (Å²) >= 11 is 0. The largest absolute Gasteiger partial charge is 0.493 e. The minimum atomic E-state index is -4.54. The second-order valence-corrected chi connectivity index (χ2v) is 5.56. The van der Waals surface area contributed by atoms with Crippen molar-refractivity contribution in [2.45, 2.75) is 25.6 Å². The summed E-state index contributed by atoms with van der Waals surface area (Å²) in [6.45, 7) is 2.14. The molecular formula is C17H17F3N2O2. The van der Waals surface area contributed by atoms with Crippen LogP contribution < -0.4 is 10.2 Å². The third-order valence-corrected chi connectivity index (χ3v) is 3.96. The van der Waals surface area contributed by atoms with Gasteiger partial charge in [-0.25, -0.2) is 5.01 Å². The molecule has 0 aliphatic carbocycles. The van der Waals surface area contributed by atoms with E-state index in [1.807, 2.05) is 0 Å². The number of halogens is 3. The fraction of sp³-hybridized carbons (Fsp3) is 0.353. The van der Waals surface area contributed by atoms with Crippen molar-refractivity contribution in [1.29, 1.82) is 0 Å². The number of benzene rings is 2. The van der Waals surface area contributed by atoms with Crippen molar-refractivity contribution >= 4 is 16.7 Å². The number of nitrogens with one attached hydrogen (secondary N) is 1. The first-order valence-corrected chi connectivity index (χ1v) is 7.69. The Bertz CT molecular complexity index is 756. The van der Waals surface area contributed by atoms with Crippen LogP contribution in [0.2, 0.25) is 0 Å². The van der Waals surface area contributed by atoms with Gasteiger partial charge in [0.15, 0.2) is 6.04 Å². The molecule has 24 heavy (non-hydrogen) atoms. The first-order valence-electron chi connectivity index (χ1n) is 7.69. The average Bonchev–Trinajstić information content (AvgIpc) is 2.92. The molecule has 128 valence electrons. The summed E-state index contributed by atoms with van der Waals surface area (Å²) in [6, 6.07) is 8.00. The third kappa shape index (κ3) is 3.03. The Hall–Kier alpha value is -2.28. The number of ether oxygens (including phenoxy) is 1. The van der Waals surface area contributed by atoms with Gasteiger partial charge in [-0.1, -0.05) is 30.3 Å². The van der Waals surface area contributed by atoms with Gasteiger partial charge in [0.05, 0.1) is 6.61 Å². The van der Waals surface area contributed by atoms with Gasteiger partial charge in [0.25, 0.3) is 0 Å². The monoisotopic (exact) mass is 338 g/mol. The molecule has 1 N–H and O–H groups in total. The molecule has 0 bridgehead atoms. The van der Waals surface area contributed by atoms with E-state index in [9.17, 15) is 18.0 Å². The van der Waals surface area contributed by atoms with E-state index < -0.39 is 18.1 Å². The zero-order valence-electron chi connectivity index (χ0n) is 13.1. The second kappa shape index (κ2) is 6.32. The molecule has 1 aliphatic heterocycles. The summed E-state index contributed by atoms with van der Waals surface area (Å²) in [5.74, 6) is -0.000100. The molecule has 1 heterocycles. The first-order chi connectivity index (χ1) is 11.4. The van der Waals surface area contributed by atoms with Gasteiger partial charge in [0.2, 0.25) is 5.91 Å². The number of alkyl halides is 3. The molecule has 0 radical (unpaired) electrons. The van der Waals surface area contributed by atoms with E-state index in [0.717, 1.165) is 5.01 Å². The molecule has 0 spiro atoms. The van der Waals surface area contributed by atoms with Gasteiger partial charge < -0.3 is 4.74 Å². The Morgan fingerprint density at radius 3 is 2.54 bits per heavy atom. The van der Waals surface area contributed by atoms with Crippen LogP contribution in [0.4, 0.5) is 13.2 Å². The number of carbonyl (C=O) groups is 1. The van der Waals surface area contributed by atoms with Crippen LogP contribution in [-0.4, -0.2) is 30.2 Å². The number of hydrogen-bond donors (Lipinski definition) is 1. The fourth-order valence-corrected chi connectivity index (χ4v) is 3.05. The zero-order chi connectivity index (χ0) is 17.3. The highest BCUT2D eigenvalue weighted by Crippen LogP contribution is 2.43. The maximum atomic E-state index is 13.8. The van der Waals surface area contributed by atoms with Crippen molar-refractivity contribution in [3.05, 3.63) is 42.0 Å². The topological polar surface area (TPSA) is 41.6 Å². The molecule has 4 nitrogen and oxygen atoms in total. The van der Waals surface area contributed by atoms with Crippen molar-refractivity contribution in [3.8, 4) is 5.75 Å². The molecule has 1 saturated heterocycles. The van der Waals surface area contributed by atoms with Crippen molar-refractivity contribution in [1.82, 2.24) is 10.4 Å². The third-order valence-electron chi connectivity index (χ3n) is 3.96. The van der Waals surface area contributed by atoms with E-state index in [2.05, 4.69) is 5.43 Å². The van der Waals surface area contributed by atoms with E-state index in [-0.39, 0.29) is 18.5 Å². The molecule has 2 aromatic rings. The lowest BCUT2D eigenvalue weighted by Gasteiger charge is -2.30. The summed E-state index contributed by atoms with van der Waals surface area (Å²) in [5.41, 5.74) is 2.38. The van der Waals surface area contributed by atoms with Crippen LogP contribution in [-0.2, 0) is 4.79 Å². The average molecular weight is 338 g/mol. The van der Waals surface area contributed by atoms with Gasteiger partial charge in [-0.2, -0.15) is 13.2 Å². The molecule has 0 unspecified atom stereocenters. The minimum Gasteiger partial charge on any atom is -0.493 e. The lowest BCUT2D eigenvalue weighted by atomic mass is 9.97. The quantitative estimate of drug-likeness (QED) is 0.926. The SMILES string of the molecule is CCOc1cccc2cccc([C@H](N3CCC(=O)N3)C(F)(F)F)c12. The maximum absolute atomic E-state index is 13.8. The first kappa shape index (κ1) is 16.6. The van der Waals surface area contributed by atoms with Gasteiger partial charge in [-0.15, -0.1) is 0 Å². The van der Waals surface area contributed by atoms with Gasteiger partial charge in [0.1, 0.15) is 5.75 Å². The van der Waals surface area contributed by atoms with E-state index in [0.29, 0.717) is 23.1 Å². The molecule has 1 fully saturated rings. The molecule has 2 aromatic carbocycles. The summed E-state index contributed by atoms with van der Waals surface area (Å²) in [6.07, 6.45) is -4.49. The van der Waals surface area contributed by atoms with Gasteiger partial charge >= 0.3 is 6.18 Å². The highest BCUT2D eigenvalue weighted by atomic mass is 19.4. The molecule has 0 saturated carbocycles. The Morgan fingerprint density at radius 1 is 1.25 bits per heavy atom. The predicted molar refractivity (Wildman–Crippen MR) is 83.4 cm³/mol. The van der Waals surface area contributed by atoms with Gasteiger partial charge in [0, 0.05) is 18.4 Å². The van der Waals surface area contributed by atoms with Gasteiger partial charge in [-0.3, -0.25) is 10.2 Å². The van der Waals surface area contributed by atoms with Crippen molar-refractivity contribution in [2.24, 2.45) is 0 Å². The molecule has 7 heteroatoms. The normalized spacial score (nSPS) is 17.1. The van der Waals surface area contributed by atoms with Crippen molar-refractivity contribution in [3.63, 3.8) is 0 Å². The van der Waals surface area contributed by atoms with Crippen LogP contribution >= 0.6 is 0 Å². The predicted octanol–water partition coefficient (Wildman–Crippen LogP) is 3.58. The van der Waals surface area contributed by atoms with E-state index in [1.54, 1.807) is 37.3 Å². The summed E-state index contributed by atoms with van der Waals surface area (Å²) in [4.78, 5) is 11.4. The smallest absolute Gasteiger partial charge is 0.409 e. The molecule has 1 aliphatic rings. The highest BCUT2D eigenvalue weighted by Gasteiger charge is 2.47. The molecule has 3 rings (SSSR count). The number of hydrazine groups is 1.